The summed E-state index contributed by atoms with van der Waals surface area (Å²) in [5, 5.41) is 6.08. The molecule has 90 valence electrons. The summed E-state index contributed by atoms with van der Waals surface area (Å²) in [5.74, 6) is -0.434. The molecule has 0 saturated carbocycles. The Morgan fingerprint density at radius 3 is 2.72 bits per heavy atom. The van der Waals surface area contributed by atoms with Gasteiger partial charge in [0.15, 0.2) is 0 Å². The van der Waals surface area contributed by atoms with Gasteiger partial charge in [0, 0.05) is 17.1 Å². The van der Waals surface area contributed by atoms with E-state index in [2.05, 4.69) is 15.6 Å². The third-order valence-electron chi connectivity index (χ3n) is 2.72. The molecule has 3 rings (SSSR count). The zero-order valence-electron chi connectivity index (χ0n) is 9.08. The number of amides is 3. The van der Waals surface area contributed by atoms with Gasteiger partial charge in [-0.2, -0.15) is 0 Å². The minimum Gasteiger partial charge on any atom is -0.359 e. The maximum absolute atomic E-state index is 11.4. The number of halogens is 1. The lowest BCUT2D eigenvalue weighted by Gasteiger charge is -1.95. The van der Waals surface area contributed by atoms with E-state index in [9.17, 15) is 9.59 Å². The second-order valence-electron chi connectivity index (χ2n) is 3.87. The monoisotopic (exact) mass is 261 g/mol. The van der Waals surface area contributed by atoms with E-state index in [-0.39, 0.29) is 5.70 Å². The van der Waals surface area contributed by atoms with E-state index in [4.69, 9.17) is 11.6 Å². The first-order chi connectivity index (χ1) is 8.65. The largest absolute Gasteiger partial charge is 0.359 e. The van der Waals surface area contributed by atoms with E-state index >= 15 is 0 Å². The summed E-state index contributed by atoms with van der Waals surface area (Å²) in [6.07, 6.45) is 3.34. The number of fused-ring (bicyclic) bond motifs is 1. The molecule has 5 nitrogen and oxygen atoms in total. The fourth-order valence-electron chi connectivity index (χ4n) is 1.90. The van der Waals surface area contributed by atoms with Crippen molar-refractivity contribution in [1.82, 2.24) is 15.6 Å². The molecule has 1 fully saturated rings. The van der Waals surface area contributed by atoms with Crippen LogP contribution in [0.25, 0.3) is 17.0 Å². The van der Waals surface area contributed by atoms with Crippen molar-refractivity contribution in [3.05, 3.63) is 40.7 Å². The third kappa shape index (κ3) is 1.65. The molecule has 1 aromatic heterocycles. The fourth-order valence-corrected chi connectivity index (χ4v) is 2.13. The van der Waals surface area contributed by atoms with Crippen molar-refractivity contribution in [2.75, 3.05) is 0 Å². The van der Waals surface area contributed by atoms with Crippen LogP contribution in [0.1, 0.15) is 5.56 Å². The molecule has 0 radical (unpaired) electrons. The lowest BCUT2D eigenvalue weighted by molar-refractivity contribution is -0.115. The molecule has 1 aliphatic rings. The number of hydrogen-bond acceptors (Lipinski definition) is 2. The number of hydrogen-bond donors (Lipinski definition) is 3. The summed E-state index contributed by atoms with van der Waals surface area (Å²) in [4.78, 5) is 25.4. The van der Waals surface area contributed by atoms with Crippen LogP contribution >= 0.6 is 11.6 Å². The topological polar surface area (TPSA) is 74.0 Å². The number of H-pyrrole nitrogens is 1. The van der Waals surface area contributed by atoms with Crippen molar-refractivity contribution in [1.29, 1.82) is 0 Å². The van der Waals surface area contributed by atoms with Gasteiger partial charge in [-0.3, -0.25) is 10.1 Å². The number of imide groups is 1. The first-order valence-corrected chi connectivity index (χ1v) is 5.62. The summed E-state index contributed by atoms with van der Waals surface area (Å²) in [6.45, 7) is 0. The summed E-state index contributed by atoms with van der Waals surface area (Å²) in [5.41, 5.74) is 1.82. The number of benzene rings is 1. The molecule has 0 spiro atoms. The Kier molecular flexibility index (Phi) is 2.34. The molecule has 1 aromatic carbocycles. The van der Waals surface area contributed by atoms with Gasteiger partial charge in [0.25, 0.3) is 5.91 Å². The van der Waals surface area contributed by atoms with Gasteiger partial charge in [0.05, 0.1) is 10.5 Å². The van der Waals surface area contributed by atoms with Gasteiger partial charge < -0.3 is 10.3 Å². The molecule has 1 aliphatic heterocycles. The average Bonchev–Trinajstić information content (AvgIpc) is 2.86. The molecular weight excluding hydrogens is 254 g/mol. The SMILES string of the molecule is O=C1NC(=O)/C(=C/c2c[nH]c3c(Cl)cccc23)N1. The number of urea groups is 1. The van der Waals surface area contributed by atoms with Crippen LogP contribution in [0.3, 0.4) is 0 Å². The normalized spacial score (nSPS) is 17.3. The summed E-state index contributed by atoms with van der Waals surface area (Å²) >= 11 is 6.04. The average molecular weight is 262 g/mol. The van der Waals surface area contributed by atoms with Gasteiger partial charge >= 0.3 is 6.03 Å². The van der Waals surface area contributed by atoms with Gasteiger partial charge in [-0.05, 0) is 12.1 Å². The first kappa shape index (κ1) is 10.9. The van der Waals surface area contributed by atoms with Crippen LogP contribution in [0.2, 0.25) is 5.02 Å². The van der Waals surface area contributed by atoms with Gasteiger partial charge in [-0.15, -0.1) is 0 Å². The Morgan fingerprint density at radius 1 is 1.17 bits per heavy atom. The molecule has 6 heteroatoms. The zero-order chi connectivity index (χ0) is 12.7. The molecule has 2 aromatic rings. The molecule has 1 saturated heterocycles. The molecule has 0 aliphatic carbocycles. The van der Waals surface area contributed by atoms with Crippen LogP contribution in [0, 0.1) is 0 Å². The Hall–Kier alpha value is -2.27. The summed E-state index contributed by atoms with van der Waals surface area (Å²) in [6, 6.07) is 4.98. The fraction of sp³-hybridized carbons (Fsp3) is 0. The van der Waals surface area contributed by atoms with E-state index < -0.39 is 11.9 Å². The van der Waals surface area contributed by atoms with Crippen LogP contribution in [0.15, 0.2) is 30.1 Å². The number of para-hydroxylation sites is 1. The second-order valence-corrected chi connectivity index (χ2v) is 4.28. The maximum atomic E-state index is 11.4. The highest BCUT2D eigenvalue weighted by molar-refractivity contribution is 6.35. The number of aromatic amines is 1. The van der Waals surface area contributed by atoms with E-state index in [0.717, 1.165) is 16.5 Å². The summed E-state index contributed by atoms with van der Waals surface area (Å²) < 4.78 is 0. The van der Waals surface area contributed by atoms with Crippen molar-refractivity contribution in [3.63, 3.8) is 0 Å². The number of carbonyl (C=O) groups is 2. The van der Waals surface area contributed by atoms with Crippen molar-refractivity contribution in [2.45, 2.75) is 0 Å². The number of rotatable bonds is 1. The molecule has 3 N–H and O–H groups in total. The highest BCUT2D eigenvalue weighted by Crippen LogP contribution is 2.26. The van der Waals surface area contributed by atoms with Crippen molar-refractivity contribution < 1.29 is 9.59 Å². The molecule has 0 atom stereocenters. The van der Waals surface area contributed by atoms with Crippen LogP contribution in [-0.4, -0.2) is 16.9 Å². The van der Waals surface area contributed by atoms with Gasteiger partial charge in [-0.1, -0.05) is 23.7 Å². The first-order valence-electron chi connectivity index (χ1n) is 5.25. The predicted molar refractivity (Wildman–Crippen MR) is 68.0 cm³/mol. The summed E-state index contributed by atoms with van der Waals surface area (Å²) in [7, 11) is 0. The van der Waals surface area contributed by atoms with Crippen LogP contribution in [0.5, 0.6) is 0 Å². The molecule has 2 heterocycles. The van der Waals surface area contributed by atoms with Crippen LogP contribution in [-0.2, 0) is 4.79 Å². The van der Waals surface area contributed by atoms with E-state index in [1.165, 1.54) is 0 Å². The van der Waals surface area contributed by atoms with Crippen LogP contribution < -0.4 is 10.6 Å². The zero-order valence-corrected chi connectivity index (χ0v) is 9.84. The molecular formula is C12H8ClN3O2. The lowest BCUT2D eigenvalue weighted by atomic mass is 10.1. The number of carbonyl (C=O) groups excluding carboxylic acids is 2. The molecule has 18 heavy (non-hydrogen) atoms. The van der Waals surface area contributed by atoms with Crippen molar-refractivity contribution >= 4 is 40.5 Å². The minimum atomic E-state index is -0.510. The minimum absolute atomic E-state index is 0.223. The Labute approximate surface area is 107 Å². The quantitative estimate of drug-likeness (QED) is 0.543. The highest BCUT2D eigenvalue weighted by atomic mass is 35.5. The number of aromatic nitrogens is 1. The van der Waals surface area contributed by atoms with E-state index in [1.54, 1.807) is 18.3 Å². The van der Waals surface area contributed by atoms with E-state index in [1.807, 2.05) is 12.1 Å². The Bertz CT molecular complexity index is 702. The standard InChI is InChI=1S/C12H8ClN3O2/c13-8-3-1-2-7-6(5-14-10(7)8)4-9-11(17)16-12(18)15-9/h1-5,14H,(H2,15,16,17,18)/b9-4-. The predicted octanol–water partition coefficient (Wildman–Crippen LogP) is 2.00. The van der Waals surface area contributed by atoms with Crippen LogP contribution in [0.4, 0.5) is 4.79 Å². The van der Waals surface area contributed by atoms with E-state index in [0.29, 0.717) is 5.02 Å². The van der Waals surface area contributed by atoms with Crippen molar-refractivity contribution in [2.24, 2.45) is 0 Å². The van der Waals surface area contributed by atoms with Gasteiger partial charge in [0.1, 0.15) is 5.70 Å². The second kappa shape index (κ2) is 3.89. The molecule has 0 unspecified atom stereocenters. The Morgan fingerprint density at radius 2 is 2.00 bits per heavy atom. The number of nitrogens with one attached hydrogen (secondary N) is 3. The van der Waals surface area contributed by atoms with Gasteiger partial charge in [0.2, 0.25) is 0 Å². The maximum Gasteiger partial charge on any atom is 0.326 e. The third-order valence-corrected chi connectivity index (χ3v) is 3.03. The smallest absolute Gasteiger partial charge is 0.326 e. The lowest BCUT2D eigenvalue weighted by Crippen LogP contribution is -2.22. The highest BCUT2D eigenvalue weighted by Gasteiger charge is 2.23. The Balaban J connectivity index is 2.11. The molecule has 3 amide bonds. The molecule has 0 bridgehead atoms. The van der Waals surface area contributed by atoms with Crippen molar-refractivity contribution in [3.8, 4) is 0 Å². The van der Waals surface area contributed by atoms with Gasteiger partial charge in [-0.25, -0.2) is 4.79 Å².